The van der Waals surface area contributed by atoms with Gasteiger partial charge in [-0.05, 0) is 6.92 Å². The molecule has 2 saturated heterocycles. The van der Waals surface area contributed by atoms with E-state index in [1.807, 2.05) is 6.92 Å². The number of carbonyl (C=O) groups is 2. The van der Waals surface area contributed by atoms with Gasteiger partial charge >= 0.3 is 5.97 Å². The minimum Gasteiger partial charge on any atom is -0.480 e. The first-order valence-electron chi connectivity index (χ1n) is 6.15. The van der Waals surface area contributed by atoms with Crippen molar-refractivity contribution in [3.05, 3.63) is 12.4 Å². The molecule has 7 nitrogen and oxygen atoms in total. The summed E-state index contributed by atoms with van der Waals surface area (Å²) in [7, 11) is -1.80. The predicted molar refractivity (Wildman–Crippen MR) is 76.9 cm³/mol. The second-order valence-electron chi connectivity index (χ2n) is 5.56. The maximum absolute atomic E-state index is 11.8. The standard InChI is InChI=1S/C12H16N4O3S/c1-12(7-15-5-4-13-14-15)10(11(18)19)16-8(17)6-9(16)20(12,2)3/h4-5,9-10H,2-3,6-7H2,1H3,(H,18,19)/t9?,10-,12-/m0/s1. The number of hydrogen-bond acceptors (Lipinski definition) is 4. The molecular formula is C12H16N4O3S. The van der Waals surface area contributed by atoms with Crippen molar-refractivity contribution in [1.82, 2.24) is 19.9 Å². The predicted octanol–water partition coefficient (Wildman–Crippen LogP) is -0.269. The van der Waals surface area contributed by atoms with Crippen LogP contribution in [-0.4, -0.2) is 64.8 Å². The molecule has 0 aromatic carbocycles. The zero-order chi connectivity index (χ0) is 14.7. The second kappa shape index (κ2) is 3.85. The summed E-state index contributed by atoms with van der Waals surface area (Å²) in [5.41, 5.74) is 0. The summed E-state index contributed by atoms with van der Waals surface area (Å²) >= 11 is 0. The van der Waals surface area contributed by atoms with Crippen molar-refractivity contribution in [3.63, 3.8) is 0 Å². The van der Waals surface area contributed by atoms with Crippen molar-refractivity contribution in [2.75, 3.05) is 0 Å². The van der Waals surface area contributed by atoms with E-state index in [9.17, 15) is 14.7 Å². The van der Waals surface area contributed by atoms with Crippen molar-refractivity contribution >= 4 is 32.8 Å². The molecule has 0 bridgehead atoms. The fourth-order valence-electron chi connectivity index (χ4n) is 3.15. The highest BCUT2D eigenvalue weighted by Gasteiger charge is 2.63. The Kier molecular flexibility index (Phi) is 2.53. The maximum Gasteiger partial charge on any atom is 0.327 e. The molecule has 0 saturated carbocycles. The Bertz CT molecular complexity index is 682. The molecule has 1 N–H and O–H groups in total. The van der Waals surface area contributed by atoms with Gasteiger partial charge in [0.1, 0.15) is 6.04 Å². The number of aliphatic carboxylic acids is 1. The summed E-state index contributed by atoms with van der Waals surface area (Å²) in [4.78, 5) is 24.9. The molecule has 1 aromatic heterocycles. The SMILES string of the molecule is C=S1(=C)C2CC(=O)N2[C@@H](C(=O)O)[C@]1(C)Cn1ccnn1. The third kappa shape index (κ3) is 1.42. The Morgan fingerprint density at radius 2 is 2.35 bits per heavy atom. The lowest BCUT2D eigenvalue weighted by atomic mass is 9.96. The van der Waals surface area contributed by atoms with E-state index in [1.165, 1.54) is 11.1 Å². The monoisotopic (exact) mass is 296 g/mol. The van der Waals surface area contributed by atoms with Crippen LogP contribution in [0.2, 0.25) is 0 Å². The van der Waals surface area contributed by atoms with E-state index in [0.717, 1.165) is 0 Å². The van der Waals surface area contributed by atoms with Gasteiger partial charge in [0.05, 0.1) is 29.3 Å². The average molecular weight is 296 g/mol. The highest BCUT2D eigenvalue weighted by atomic mass is 32.2. The van der Waals surface area contributed by atoms with Gasteiger partial charge in [0.15, 0.2) is 0 Å². The molecule has 2 fully saturated rings. The maximum atomic E-state index is 11.8. The fourth-order valence-corrected chi connectivity index (χ4v) is 5.96. The fraction of sp³-hybridized carbons (Fsp3) is 0.500. The van der Waals surface area contributed by atoms with E-state index >= 15 is 0 Å². The van der Waals surface area contributed by atoms with Gasteiger partial charge in [-0.25, -0.2) is 4.79 Å². The number of rotatable bonds is 3. The molecule has 2 aliphatic heterocycles. The van der Waals surface area contributed by atoms with Crippen molar-refractivity contribution < 1.29 is 14.7 Å². The number of fused-ring (bicyclic) bond motifs is 1. The molecule has 0 radical (unpaired) electrons. The largest absolute Gasteiger partial charge is 0.480 e. The molecule has 3 atom stereocenters. The van der Waals surface area contributed by atoms with Gasteiger partial charge in [-0.1, -0.05) is 17.0 Å². The van der Waals surface area contributed by atoms with Gasteiger partial charge in [-0.15, -0.1) is 5.10 Å². The summed E-state index contributed by atoms with van der Waals surface area (Å²) in [5.74, 6) is 7.28. The van der Waals surface area contributed by atoms with Gasteiger partial charge < -0.3 is 10.0 Å². The van der Waals surface area contributed by atoms with Crippen LogP contribution in [0.25, 0.3) is 0 Å². The lowest BCUT2D eigenvalue weighted by molar-refractivity contribution is -0.157. The Morgan fingerprint density at radius 1 is 1.65 bits per heavy atom. The van der Waals surface area contributed by atoms with Gasteiger partial charge in [0, 0.05) is 6.20 Å². The first-order chi connectivity index (χ1) is 9.29. The van der Waals surface area contributed by atoms with E-state index in [0.29, 0.717) is 13.0 Å². The third-order valence-corrected chi connectivity index (χ3v) is 8.08. The number of nitrogens with zero attached hydrogens (tertiary/aromatic N) is 4. The Balaban J connectivity index is 2.10. The van der Waals surface area contributed by atoms with E-state index in [2.05, 4.69) is 22.1 Å². The highest BCUT2D eigenvalue weighted by Crippen LogP contribution is 2.59. The van der Waals surface area contributed by atoms with Crippen LogP contribution in [0.3, 0.4) is 0 Å². The number of hydrogen-bond donors (Lipinski definition) is 1. The minimum absolute atomic E-state index is 0.131. The first-order valence-corrected chi connectivity index (χ1v) is 8.18. The van der Waals surface area contributed by atoms with Gasteiger partial charge in [0.2, 0.25) is 5.91 Å². The molecule has 108 valence electrons. The van der Waals surface area contributed by atoms with Crippen LogP contribution in [0.4, 0.5) is 0 Å². The van der Waals surface area contributed by atoms with Gasteiger partial charge in [0.25, 0.3) is 0 Å². The smallest absolute Gasteiger partial charge is 0.327 e. The summed E-state index contributed by atoms with van der Waals surface area (Å²) < 4.78 is 0.855. The van der Waals surface area contributed by atoms with Crippen molar-refractivity contribution in [1.29, 1.82) is 0 Å². The first kappa shape index (κ1) is 13.2. The normalized spacial score (nSPS) is 34.6. The molecule has 1 aromatic rings. The van der Waals surface area contributed by atoms with Crippen LogP contribution < -0.4 is 0 Å². The van der Waals surface area contributed by atoms with Gasteiger partial charge in [-0.2, -0.15) is 9.21 Å². The molecule has 1 unspecified atom stereocenters. The Hall–Kier alpha value is -1.83. The zero-order valence-corrected chi connectivity index (χ0v) is 11.9. The Labute approximate surface area is 116 Å². The number of aromatic nitrogens is 3. The number of β-lactam (4-membered cyclic amide) rings is 1. The van der Waals surface area contributed by atoms with Gasteiger partial charge in [-0.3, -0.25) is 9.48 Å². The molecule has 0 aliphatic carbocycles. The number of carboxylic acid groups (broad SMARTS) is 1. The summed E-state index contributed by atoms with van der Waals surface area (Å²) in [5, 5.41) is 17.1. The zero-order valence-electron chi connectivity index (χ0n) is 11.1. The topological polar surface area (TPSA) is 88.3 Å². The van der Waals surface area contributed by atoms with Crippen LogP contribution in [-0.2, 0) is 16.1 Å². The van der Waals surface area contributed by atoms with E-state index in [4.69, 9.17) is 0 Å². The molecule has 8 heteroatoms. The molecule has 1 amide bonds. The van der Waals surface area contributed by atoms with Crippen molar-refractivity contribution in [3.8, 4) is 0 Å². The van der Waals surface area contributed by atoms with Crippen molar-refractivity contribution in [2.45, 2.75) is 36.1 Å². The molecule has 20 heavy (non-hydrogen) atoms. The second-order valence-corrected chi connectivity index (χ2v) is 8.92. The molecule has 3 rings (SSSR count). The van der Waals surface area contributed by atoms with Crippen LogP contribution in [0, 0.1) is 0 Å². The lowest BCUT2D eigenvalue weighted by Crippen LogP contribution is -2.58. The van der Waals surface area contributed by atoms with Crippen LogP contribution in [0.5, 0.6) is 0 Å². The summed E-state index contributed by atoms with van der Waals surface area (Å²) in [6.45, 7) is 2.18. The summed E-state index contributed by atoms with van der Waals surface area (Å²) in [6, 6.07) is -0.900. The molecule has 2 aliphatic rings. The molecule has 0 spiro atoms. The third-order valence-electron chi connectivity index (χ3n) is 4.44. The number of carbonyl (C=O) groups excluding carboxylic acids is 1. The van der Waals surface area contributed by atoms with Crippen LogP contribution >= 0.6 is 9.21 Å². The minimum atomic E-state index is -1.80. The van der Waals surface area contributed by atoms with Crippen LogP contribution in [0.1, 0.15) is 13.3 Å². The number of amides is 1. The highest BCUT2D eigenvalue weighted by molar-refractivity contribution is 8.29. The average Bonchev–Trinajstić information content (AvgIpc) is 2.87. The molecule has 3 heterocycles. The number of carboxylic acids is 1. The van der Waals surface area contributed by atoms with E-state index < -0.39 is 26.0 Å². The van der Waals surface area contributed by atoms with E-state index in [-0.39, 0.29) is 11.3 Å². The summed E-state index contributed by atoms with van der Waals surface area (Å²) in [6.07, 6.45) is 3.56. The van der Waals surface area contributed by atoms with E-state index in [1.54, 1.807) is 10.9 Å². The molecular weight excluding hydrogens is 280 g/mol. The quantitative estimate of drug-likeness (QED) is 0.613. The lowest BCUT2D eigenvalue weighted by Gasteiger charge is -2.38. The van der Waals surface area contributed by atoms with Crippen molar-refractivity contribution in [2.24, 2.45) is 0 Å². The van der Waals surface area contributed by atoms with Crippen LogP contribution in [0.15, 0.2) is 12.4 Å². The Morgan fingerprint density at radius 3 is 2.85 bits per heavy atom.